The van der Waals surface area contributed by atoms with Crippen LogP contribution in [0.1, 0.15) is 13.3 Å². The minimum atomic E-state index is -0.553. The van der Waals surface area contributed by atoms with E-state index in [4.69, 9.17) is 11.6 Å². The predicted molar refractivity (Wildman–Crippen MR) is 72.2 cm³/mol. The summed E-state index contributed by atoms with van der Waals surface area (Å²) < 4.78 is 4.58. The standard InChI is InChI=1S/C13H13ClN2O3/c1-8-11(7-12(17)19-2)13(18)16(15-8)10-5-3-9(14)4-6-10/h3-6,11H,7H2,1-2H3. The van der Waals surface area contributed by atoms with Crippen molar-refractivity contribution in [2.24, 2.45) is 11.0 Å². The smallest absolute Gasteiger partial charge is 0.306 e. The van der Waals surface area contributed by atoms with E-state index in [0.717, 1.165) is 0 Å². The van der Waals surface area contributed by atoms with E-state index in [1.54, 1.807) is 31.2 Å². The van der Waals surface area contributed by atoms with Crippen molar-refractivity contribution in [1.82, 2.24) is 0 Å². The lowest BCUT2D eigenvalue weighted by Gasteiger charge is -2.13. The van der Waals surface area contributed by atoms with Crippen molar-refractivity contribution in [3.63, 3.8) is 0 Å². The maximum Gasteiger partial charge on any atom is 0.306 e. The van der Waals surface area contributed by atoms with Crippen LogP contribution in [0.3, 0.4) is 0 Å². The highest BCUT2D eigenvalue weighted by Gasteiger charge is 2.36. The molecule has 1 amide bonds. The Morgan fingerprint density at radius 2 is 2.05 bits per heavy atom. The molecule has 1 heterocycles. The third-order valence-electron chi connectivity index (χ3n) is 2.94. The van der Waals surface area contributed by atoms with Crippen LogP contribution in [0.5, 0.6) is 0 Å². The van der Waals surface area contributed by atoms with Gasteiger partial charge in [0.2, 0.25) is 0 Å². The van der Waals surface area contributed by atoms with Gasteiger partial charge >= 0.3 is 5.97 Å². The number of halogens is 1. The normalized spacial score (nSPS) is 18.5. The first kappa shape index (κ1) is 13.5. The molecule has 1 unspecified atom stereocenters. The Labute approximate surface area is 115 Å². The minimum absolute atomic E-state index is 0.00869. The SMILES string of the molecule is COC(=O)CC1C(=O)N(c2ccc(Cl)cc2)N=C1C. The maximum absolute atomic E-state index is 12.2. The number of nitrogens with zero attached hydrogens (tertiary/aromatic N) is 2. The van der Waals surface area contributed by atoms with Gasteiger partial charge in [-0.15, -0.1) is 0 Å². The first-order valence-corrected chi connectivity index (χ1v) is 6.12. The number of ether oxygens (including phenoxy) is 1. The van der Waals surface area contributed by atoms with Gasteiger partial charge in [-0.3, -0.25) is 9.59 Å². The highest BCUT2D eigenvalue weighted by atomic mass is 35.5. The summed E-state index contributed by atoms with van der Waals surface area (Å²) in [6, 6.07) is 6.78. The Balaban J connectivity index is 2.20. The van der Waals surface area contributed by atoms with Crippen LogP contribution in [0.15, 0.2) is 29.4 Å². The van der Waals surface area contributed by atoms with Crippen molar-refractivity contribution in [2.45, 2.75) is 13.3 Å². The molecule has 6 heteroatoms. The molecule has 1 atom stereocenters. The van der Waals surface area contributed by atoms with E-state index in [0.29, 0.717) is 16.4 Å². The van der Waals surface area contributed by atoms with Crippen LogP contribution >= 0.6 is 11.6 Å². The Hall–Kier alpha value is -1.88. The Bertz CT molecular complexity index is 539. The minimum Gasteiger partial charge on any atom is -0.469 e. The number of benzene rings is 1. The third kappa shape index (κ3) is 2.76. The molecule has 0 aromatic heterocycles. The molecule has 0 bridgehead atoms. The number of esters is 1. The number of anilines is 1. The van der Waals surface area contributed by atoms with Crippen molar-refractivity contribution in [3.8, 4) is 0 Å². The van der Waals surface area contributed by atoms with Crippen LogP contribution in [0.2, 0.25) is 5.02 Å². The van der Waals surface area contributed by atoms with Gasteiger partial charge in [-0.2, -0.15) is 5.10 Å². The molecule has 2 rings (SSSR count). The summed E-state index contributed by atoms with van der Waals surface area (Å²) in [4.78, 5) is 23.5. The van der Waals surface area contributed by atoms with E-state index in [-0.39, 0.29) is 12.3 Å². The fourth-order valence-electron chi connectivity index (χ4n) is 1.86. The Kier molecular flexibility index (Phi) is 3.85. The summed E-state index contributed by atoms with van der Waals surface area (Å²) in [5, 5.41) is 6.06. The van der Waals surface area contributed by atoms with Crippen LogP contribution in [-0.2, 0) is 14.3 Å². The summed E-state index contributed by atoms with van der Waals surface area (Å²) in [7, 11) is 1.30. The molecule has 1 aromatic carbocycles. The largest absolute Gasteiger partial charge is 0.469 e. The third-order valence-corrected chi connectivity index (χ3v) is 3.19. The fourth-order valence-corrected chi connectivity index (χ4v) is 1.98. The number of carbonyl (C=O) groups is 2. The number of methoxy groups -OCH3 is 1. The number of hydrogen-bond acceptors (Lipinski definition) is 4. The lowest BCUT2D eigenvalue weighted by Crippen LogP contribution is -2.29. The molecule has 0 saturated carbocycles. The average Bonchev–Trinajstić information content (AvgIpc) is 2.67. The topological polar surface area (TPSA) is 59.0 Å². The summed E-state index contributed by atoms with van der Waals surface area (Å²) in [6.45, 7) is 1.72. The molecular weight excluding hydrogens is 268 g/mol. The molecule has 19 heavy (non-hydrogen) atoms. The van der Waals surface area contributed by atoms with E-state index < -0.39 is 11.9 Å². The van der Waals surface area contributed by atoms with Gasteiger partial charge in [0, 0.05) is 10.7 Å². The second-order valence-electron chi connectivity index (χ2n) is 4.20. The number of rotatable bonds is 3. The molecule has 0 N–H and O–H groups in total. The van der Waals surface area contributed by atoms with Gasteiger partial charge in [0.25, 0.3) is 5.91 Å². The molecule has 100 valence electrons. The fraction of sp³-hybridized carbons (Fsp3) is 0.308. The van der Waals surface area contributed by atoms with Crippen LogP contribution < -0.4 is 5.01 Å². The molecule has 5 nitrogen and oxygen atoms in total. The van der Waals surface area contributed by atoms with E-state index in [1.807, 2.05) is 0 Å². The van der Waals surface area contributed by atoms with Gasteiger partial charge < -0.3 is 4.74 Å². The summed E-state index contributed by atoms with van der Waals surface area (Å²) >= 11 is 5.80. The number of hydrazone groups is 1. The van der Waals surface area contributed by atoms with Crippen molar-refractivity contribution < 1.29 is 14.3 Å². The molecule has 1 aliphatic heterocycles. The van der Waals surface area contributed by atoms with E-state index in [2.05, 4.69) is 9.84 Å². The average molecular weight is 281 g/mol. The molecule has 0 radical (unpaired) electrons. The molecule has 1 aliphatic rings. The summed E-state index contributed by atoms with van der Waals surface area (Å²) in [5.41, 5.74) is 1.23. The van der Waals surface area contributed by atoms with Crippen LogP contribution in [0, 0.1) is 5.92 Å². The first-order chi connectivity index (χ1) is 9.02. The number of carbonyl (C=O) groups excluding carboxylic acids is 2. The van der Waals surface area contributed by atoms with Gasteiger partial charge in [-0.05, 0) is 31.2 Å². The zero-order valence-electron chi connectivity index (χ0n) is 10.6. The van der Waals surface area contributed by atoms with Gasteiger partial charge in [0.1, 0.15) is 0 Å². The second-order valence-corrected chi connectivity index (χ2v) is 4.64. The van der Waals surface area contributed by atoms with E-state index >= 15 is 0 Å². The predicted octanol–water partition coefficient (Wildman–Crippen LogP) is 2.24. The second kappa shape index (κ2) is 5.40. The summed E-state index contributed by atoms with van der Waals surface area (Å²) in [6.07, 6.45) is 0.00869. The van der Waals surface area contributed by atoms with E-state index in [1.165, 1.54) is 12.1 Å². The van der Waals surface area contributed by atoms with Gasteiger partial charge in [-0.25, -0.2) is 5.01 Å². The highest BCUT2D eigenvalue weighted by Crippen LogP contribution is 2.26. The number of hydrogen-bond donors (Lipinski definition) is 0. The molecular formula is C13H13ClN2O3. The Morgan fingerprint density at radius 1 is 1.42 bits per heavy atom. The van der Waals surface area contributed by atoms with Crippen LogP contribution in [0.4, 0.5) is 5.69 Å². The number of amides is 1. The van der Waals surface area contributed by atoms with Crippen molar-refractivity contribution in [3.05, 3.63) is 29.3 Å². The first-order valence-electron chi connectivity index (χ1n) is 5.74. The molecule has 1 aromatic rings. The monoisotopic (exact) mass is 280 g/mol. The zero-order valence-corrected chi connectivity index (χ0v) is 11.3. The lowest BCUT2D eigenvalue weighted by molar-refractivity contribution is -0.142. The van der Waals surface area contributed by atoms with Gasteiger partial charge in [-0.1, -0.05) is 11.6 Å². The lowest BCUT2D eigenvalue weighted by atomic mass is 10.0. The molecule has 0 spiro atoms. The molecule has 0 aliphatic carbocycles. The highest BCUT2D eigenvalue weighted by molar-refractivity contribution is 6.30. The van der Waals surface area contributed by atoms with E-state index in [9.17, 15) is 9.59 Å². The zero-order chi connectivity index (χ0) is 14.0. The quantitative estimate of drug-likeness (QED) is 0.798. The van der Waals surface area contributed by atoms with Gasteiger partial charge in [0.15, 0.2) is 0 Å². The summed E-state index contributed by atoms with van der Waals surface area (Å²) in [5.74, 6) is -1.21. The maximum atomic E-state index is 12.2. The van der Waals surface area contributed by atoms with Crippen molar-refractivity contribution >= 4 is 34.9 Å². The van der Waals surface area contributed by atoms with Gasteiger partial charge in [0.05, 0.1) is 25.1 Å². The van der Waals surface area contributed by atoms with Crippen LogP contribution in [-0.4, -0.2) is 24.7 Å². The van der Waals surface area contributed by atoms with Crippen molar-refractivity contribution in [1.29, 1.82) is 0 Å². The van der Waals surface area contributed by atoms with Crippen molar-refractivity contribution in [2.75, 3.05) is 12.1 Å². The Morgan fingerprint density at radius 3 is 2.63 bits per heavy atom. The molecule has 0 saturated heterocycles. The molecule has 0 fully saturated rings. The van der Waals surface area contributed by atoms with Crippen LogP contribution in [0.25, 0.3) is 0 Å².